The molecule has 0 aliphatic carbocycles. The summed E-state index contributed by atoms with van der Waals surface area (Å²) in [4.78, 5) is 2.67. The van der Waals surface area contributed by atoms with Crippen LogP contribution in [-0.4, -0.2) is 50.8 Å². The molecule has 0 spiro atoms. The molecule has 0 radical (unpaired) electrons. The van der Waals surface area contributed by atoms with Gasteiger partial charge in [0.05, 0.1) is 6.61 Å². The summed E-state index contributed by atoms with van der Waals surface area (Å²) in [6, 6.07) is 0. The van der Waals surface area contributed by atoms with Gasteiger partial charge in [-0.2, -0.15) is 0 Å². The highest BCUT2D eigenvalue weighted by atomic mass is 16.5. The van der Waals surface area contributed by atoms with Crippen LogP contribution in [0.3, 0.4) is 0 Å². The molecule has 2 rings (SSSR count). The Morgan fingerprint density at radius 3 is 3.00 bits per heavy atom. The molecular formula is C14H28N2O. The zero-order valence-corrected chi connectivity index (χ0v) is 11.5. The molecule has 2 atom stereocenters. The van der Waals surface area contributed by atoms with Crippen molar-refractivity contribution in [1.82, 2.24) is 10.2 Å². The molecule has 3 heteroatoms. The van der Waals surface area contributed by atoms with E-state index in [0.29, 0.717) is 5.41 Å². The van der Waals surface area contributed by atoms with Gasteiger partial charge in [-0.05, 0) is 38.3 Å². The van der Waals surface area contributed by atoms with Crippen molar-refractivity contribution in [1.29, 1.82) is 0 Å². The fraction of sp³-hybridized carbons (Fsp3) is 1.00. The van der Waals surface area contributed by atoms with Crippen LogP contribution in [0.4, 0.5) is 0 Å². The molecule has 17 heavy (non-hydrogen) atoms. The van der Waals surface area contributed by atoms with Gasteiger partial charge in [-0.1, -0.05) is 13.8 Å². The Kier molecular flexibility index (Phi) is 4.83. The second-order valence-corrected chi connectivity index (χ2v) is 6.07. The Labute approximate surface area is 106 Å². The highest BCUT2D eigenvalue weighted by molar-refractivity contribution is 4.89. The third-order valence-electron chi connectivity index (χ3n) is 4.24. The molecule has 0 amide bonds. The molecule has 0 bridgehead atoms. The van der Waals surface area contributed by atoms with Crippen LogP contribution < -0.4 is 5.32 Å². The van der Waals surface area contributed by atoms with E-state index in [-0.39, 0.29) is 0 Å². The van der Waals surface area contributed by atoms with E-state index in [2.05, 4.69) is 24.1 Å². The fourth-order valence-electron chi connectivity index (χ4n) is 3.26. The zero-order valence-electron chi connectivity index (χ0n) is 11.5. The maximum Gasteiger partial charge on any atom is 0.0547 e. The Morgan fingerprint density at radius 2 is 2.35 bits per heavy atom. The van der Waals surface area contributed by atoms with E-state index in [1.165, 1.54) is 38.9 Å². The van der Waals surface area contributed by atoms with E-state index in [9.17, 15) is 0 Å². The average Bonchev–Trinajstić information content (AvgIpc) is 2.75. The first-order valence-corrected chi connectivity index (χ1v) is 7.25. The molecule has 3 nitrogen and oxygen atoms in total. The van der Waals surface area contributed by atoms with Crippen molar-refractivity contribution < 1.29 is 4.74 Å². The van der Waals surface area contributed by atoms with Gasteiger partial charge in [0.15, 0.2) is 0 Å². The number of hydrogen-bond acceptors (Lipinski definition) is 3. The van der Waals surface area contributed by atoms with E-state index in [1.807, 2.05) is 0 Å². The van der Waals surface area contributed by atoms with Gasteiger partial charge in [-0.25, -0.2) is 0 Å². The second kappa shape index (κ2) is 6.17. The van der Waals surface area contributed by atoms with Gasteiger partial charge in [-0.15, -0.1) is 0 Å². The summed E-state index contributed by atoms with van der Waals surface area (Å²) in [5.41, 5.74) is 0.382. The maximum atomic E-state index is 5.66. The average molecular weight is 240 g/mol. The predicted molar refractivity (Wildman–Crippen MR) is 71.3 cm³/mol. The molecule has 0 aromatic carbocycles. The normalized spacial score (nSPS) is 35.3. The molecule has 100 valence electrons. The highest BCUT2D eigenvalue weighted by Gasteiger charge is 2.36. The van der Waals surface area contributed by atoms with Crippen molar-refractivity contribution in [2.45, 2.75) is 33.1 Å². The summed E-state index contributed by atoms with van der Waals surface area (Å²) in [6.07, 6.45) is 4.01. The van der Waals surface area contributed by atoms with Crippen LogP contribution >= 0.6 is 0 Å². The van der Waals surface area contributed by atoms with Crippen molar-refractivity contribution in [3.63, 3.8) is 0 Å². The molecule has 2 aliphatic rings. The van der Waals surface area contributed by atoms with E-state index < -0.39 is 0 Å². The number of hydrogen-bond donors (Lipinski definition) is 1. The molecule has 0 aromatic rings. The largest absolute Gasteiger partial charge is 0.381 e. The highest BCUT2D eigenvalue weighted by Crippen LogP contribution is 2.30. The van der Waals surface area contributed by atoms with Gasteiger partial charge < -0.3 is 15.0 Å². The Hall–Kier alpha value is -0.120. The van der Waals surface area contributed by atoms with Gasteiger partial charge >= 0.3 is 0 Å². The SMILES string of the molecule is CCNCC1(CN2CCCC(C)C2)CCOC1. The monoisotopic (exact) mass is 240 g/mol. The topological polar surface area (TPSA) is 24.5 Å². The van der Waals surface area contributed by atoms with E-state index in [1.54, 1.807) is 0 Å². The number of nitrogens with one attached hydrogen (secondary N) is 1. The molecule has 2 saturated heterocycles. The summed E-state index contributed by atoms with van der Waals surface area (Å²) >= 11 is 0. The minimum absolute atomic E-state index is 0.382. The van der Waals surface area contributed by atoms with Crippen LogP contribution in [0.25, 0.3) is 0 Å². The van der Waals surface area contributed by atoms with Crippen LogP contribution in [-0.2, 0) is 4.74 Å². The van der Waals surface area contributed by atoms with Crippen LogP contribution in [0, 0.1) is 11.3 Å². The Morgan fingerprint density at radius 1 is 1.47 bits per heavy atom. The van der Waals surface area contributed by atoms with Crippen LogP contribution in [0.1, 0.15) is 33.1 Å². The van der Waals surface area contributed by atoms with Crippen molar-refractivity contribution in [3.8, 4) is 0 Å². The summed E-state index contributed by atoms with van der Waals surface area (Å²) in [5.74, 6) is 0.877. The maximum absolute atomic E-state index is 5.66. The van der Waals surface area contributed by atoms with Crippen molar-refractivity contribution >= 4 is 0 Å². The lowest BCUT2D eigenvalue weighted by Crippen LogP contribution is -2.47. The summed E-state index contributed by atoms with van der Waals surface area (Å²) in [5, 5.41) is 3.53. The Bertz CT molecular complexity index is 226. The van der Waals surface area contributed by atoms with Crippen LogP contribution in [0.2, 0.25) is 0 Å². The summed E-state index contributed by atoms with van der Waals surface area (Å²) in [6.45, 7) is 12.5. The first kappa shape index (κ1) is 13.3. The zero-order chi connectivity index (χ0) is 12.1. The van der Waals surface area contributed by atoms with E-state index in [4.69, 9.17) is 4.74 Å². The van der Waals surface area contributed by atoms with Gasteiger partial charge in [0.25, 0.3) is 0 Å². The van der Waals surface area contributed by atoms with Crippen molar-refractivity contribution in [2.24, 2.45) is 11.3 Å². The summed E-state index contributed by atoms with van der Waals surface area (Å²) < 4.78 is 5.66. The molecule has 2 unspecified atom stereocenters. The van der Waals surface area contributed by atoms with Crippen LogP contribution in [0.5, 0.6) is 0 Å². The third-order valence-corrected chi connectivity index (χ3v) is 4.24. The number of rotatable bonds is 5. The van der Waals surface area contributed by atoms with E-state index in [0.717, 1.165) is 32.2 Å². The third kappa shape index (κ3) is 3.67. The van der Waals surface area contributed by atoms with Gasteiger partial charge in [-0.3, -0.25) is 0 Å². The molecule has 0 aromatic heterocycles. The lowest BCUT2D eigenvalue weighted by molar-refractivity contribution is 0.0858. The van der Waals surface area contributed by atoms with Crippen molar-refractivity contribution in [2.75, 3.05) is 45.9 Å². The number of nitrogens with zero attached hydrogens (tertiary/aromatic N) is 1. The van der Waals surface area contributed by atoms with Crippen molar-refractivity contribution in [3.05, 3.63) is 0 Å². The molecule has 2 fully saturated rings. The fourth-order valence-corrected chi connectivity index (χ4v) is 3.26. The molecule has 2 heterocycles. The quantitative estimate of drug-likeness (QED) is 0.792. The van der Waals surface area contributed by atoms with E-state index >= 15 is 0 Å². The molecule has 0 saturated carbocycles. The van der Waals surface area contributed by atoms with Gasteiger partial charge in [0.2, 0.25) is 0 Å². The van der Waals surface area contributed by atoms with Crippen LogP contribution in [0.15, 0.2) is 0 Å². The minimum atomic E-state index is 0.382. The molecular weight excluding hydrogens is 212 g/mol. The van der Waals surface area contributed by atoms with Gasteiger partial charge in [0.1, 0.15) is 0 Å². The smallest absolute Gasteiger partial charge is 0.0547 e. The molecule has 2 aliphatic heterocycles. The first-order chi connectivity index (χ1) is 8.24. The predicted octanol–water partition coefficient (Wildman–Crippen LogP) is 1.73. The summed E-state index contributed by atoms with van der Waals surface area (Å²) in [7, 11) is 0. The second-order valence-electron chi connectivity index (χ2n) is 6.07. The van der Waals surface area contributed by atoms with Gasteiger partial charge in [0, 0.05) is 31.7 Å². The minimum Gasteiger partial charge on any atom is -0.381 e. The molecule has 1 N–H and O–H groups in total. The Balaban J connectivity index is 1.87. The standard InChI is InChI=1S/C14H28N2O/c1-3-15-10-14(6-8-17-12-14)11-16-7-4-5-13(2)9-16/h13,15H,3-12H2,1-2H3. The lowest BCUT2D eigenvalue weighted by Gasteiger charge is -2.38. The number of piperidine rings is 1. The number of likely N-dealkylation sites (tertiary alicyclic amines) is 1. The first-order valence-electron chi connectivity index (χ1n) is 7.25. The number of ether oxygens (including phenoxy) is 1. The lowest BCUT2D eigenvalue weighted by atomic mass is 9.85.